The molecule has 2 heteroatoms. The summed E-state index contributed by atoms with van der Waals surface area (Å²) < 4.78 is 0. The van der Waals surface area contributed by atoms with Crippen molar-refractivity contribution in [2.24, 2.45) is 0 Å². The van der Waals surface area contributed by atoms with Gasteiger partial charge in [-0.15, -0.1) is 11.3 Å². The minimum atomic E-state index is 1.04. The summed E-state index contributed by atoms with van der Waals surface area (Å²) in [6.45, 7) is 0. The van der Waals surface area contributed by atoms with Gasteiger partial charge in [-0.25, -0.2) is 0 Å². The van der Waals surface area contributed by atoms with E-state index in [0.717, 1.165) is 5.69 Å². The molecule has 0 saturated heterocycles. The van der Waals surface area contributed by atoms with Crippen molar-refractivity contribution in [1.82, 2.24) is 4.98 Å². The highest BCUT2D eigenvalue weighted by molar-refractivity contribution is 7.14. The standard InChI is InChI=1S/C19H13NS/c1-2-8-15-14(6-1)7-5-9-16(15)17-11-13-21-19(17)18-10-3-4-12-20-18/h1-13H. The second-order valence-corrected chi connectivity index (χ2v) is 5.82. The molecule has 0 bridgehead atoms. The quantitative estimate of drug-likeness (QED) is 0.465. The third-order valence-corrected chi connectivity index (χ3v) is 4.58. The predicted octanol–water partition coefficient (Wildman–Crippen LogP) is 5.63. The molecule has 2 heterocycles. The fraction of sp³-hybridized carbons (Fsp3) is 0. The Hall–Kier alpha value is -2.45. The number of thiophene rings is 1. The number of rotatable bonds is 2. The van der Waals surface area contributed by atoms with Crippen LogP contribution in [0.2, 0.25) is 0 Å². The van der Waals surface area contributed by atoms with Gasteiger partial charge in [0.25, 0.3) is 0 Å². The van der Waals surface area contributed by atoms with Crippen molar-refractivity contribution >= 4 is 22.1 Å². The fourth-order valence-electron chi connectivity index (χ4n) is 2.68. The van der Waals surface area contributed by atoms with Crippen molar-refractivity contribution < 1.29 is 0 Å². The van der Waals surface area contributed by atoms with Gasteiger partial charge < -0.3 is 0 Å². The smallest absolute Gasteiger partial charge is 0.0807 e. The van der Waals surface area contributed by atoms with Gasteiger partial charge in [-0.05, 0) is 39.9 Å². The number of fused-ring (bicyclic) bond motifs is 1. The molecule has 2 aromatic heterocycles. The Kier molecular flexibility index (Phi) is 3.02. The minimum absolute atomic E-state index is 1.04. The van der Waals surface area contributed by atoms with Gasteiger partial charge in [0.2, 0.25) is 0 Å². The molecule has 0 aliphatic carbocycles. The molecule has 0 spiro atoms. The largest absolute Gasteiger partial charge is 0.255 e. The molecule has 0 amide bonds. The van der Waals surface area contributed by atoms with E-state index in [0.29, 0.717) is 0 Å². The Morgan fingerprint density at radius 3 is 2.48 bits per heavy atom. The molecule has 100 valence electrons. The Balaban J connectivity index is 1.97. The summed E-state index contributed by atoms with van der Waals surface area (Å²) in [5, 5.41) is 4.70. The third-order valence-electron chi connectivity index (χ3n) is 3.64. The van der Waals surface area contributed by atoms with Crippen molar-refractivity contribution in [3.05, 3.63) is 78.3 Å². The van der Waals surface area contributed by atoms with Crippen LogP contribution in [0.1, 0.15) is 0 Å². The van der Waals surface area contributed by atoms with E-state index >= 15 is 0 Å². The summed E-state index contributed by atoms with van der Waals surface area (Å²) in [6, 6.07) is 23.2. The second kappa shape index (κ2) is 5.15. The van der Waals surface area contributed by atoms with E-state index in [1.54, 1.807) is 11.3 Å². The van der Waals surface area contributed by atoms with Crippen molar-refractivity contribution in [1.29, 1.82) is 0 Å². The van der Waals surface area contributed by atoms with E-state index in [1.807, 2.05) is 18.3 Å². The van der Waals surface area contributed by atoms with Gasteiger partial charge in [-0.1, -0.05) is 48.5 Å². The Labute approximate surface area is 127 Å². The predicted molar refractivity (Wildman–Crippen MR) is 90.5 cm³/mol. The van der Waals surface area contributed by atoms with Crippen molar-refractivity contribution in [2.45, 2.75) is 0 Å². The summed E-state index contributed by atoms with van der Waals surface area (Å²) >= 11 is 1.74. The van der Waals surface area contributed by atoms with Crippen LogP contribution in [0.5, 0.6) is 0 Å². The number of nitrogens with zero attached hydrogens (tertiary/aromatic N) is 1. The van der Waals surface area contributed by atoms with E-state index in [2.05, 4.69) is 65.0 Å². The fourth-order valence-corrected chi connectivity index (χ4v) is 3.56. The first-order chi connectivity index (χ1) is 10.4. The van der Waals surface area contributed by atoms with Crippen molar-refractivity contribution in [3.63, 3.8) is 0 Å². The van der Waals surface area contributed by atoms with Crippen LogP contribution >= 0.6 is 11.3 Å². The molecular weight excluding hydrogens is 274 g/mol. The summed E-state index contributed by atoms with van der Waals surface area (Å²) in [6.07, 6.45) is 1.85. The molecule has 0 aliphatic heterocycles. The number of hydrogen-bond donors (Lipinski definition) is 0. The molecule has 0 atom stereocenters. The van der Waals surface area contributed by atoms with Crippen LogP contribution in [0.3, 0.4) is 0 Å². The lowest BCUT2D eigenvalue weighted by Crippen LogP contribution is -1.84. The molecule has 21 heavy (non-hydrogen) atoms. The van der Waals surface area contributed by atoms with Crippen LogP contribution in [0.4, 0.5) is 0 Å². The lowest BCUT2D eigenvalue weighted by Gasteiger charge is -2.07. The monoisotopic (exact) mass is 287 g/mol. The number of hydrogen-bond acceptors (Lipinski definition) is 2. The summed E-state index contributed by atoms with van der Waals surface area (Å²) in [4.78, 5) is 5.73. The van der Waals surface area contributed by atoms with Crippen molar-refractivity contribution in [2.75, 3.05) is 0 Å². The SMILES string of the molecule is c1ccc(-c2sccc2-c2cccc3ccccc23)nc1. The Bertz CT molecular complexity index is 888. The van der Waals surface area contributed by atoms with Gasteiger partial charge in [-0.3, -0.25) is 4.98 Å². The van der Waals surface area contributed by atoms with Crippen LogP contribution in [-0.2, 0) is 0 Å². The van der Waals surface area contributed by atoms with Gasteiger partial charge in [0.05, 0.1) is 10.6 Å². The maximum atomic E-state index is 4.50. The molecular formula is C19H13NS. The van der Waals surface area contributed by atoms with Crippen molar-refractivity contribution in [3.8, 4) is 21.7 Å². The van der Waals surface area contributed by atoms with E-state index in [4.69, 9.17) is 0 Å². The molecule has 0 N–H and O–H groups in total. The highest BCUT2D eigenvalue weighted by Gasteiger charge is 2.12. The van der Waals surface area contributed by atoms with Crippen LogP contribution in [-0.4, -0.2) is 4.98 Å². The average molecular weight is 287 g/mol. The number of pyridine rings is 1. The lowest BCUT2D eigenvalue weighted by atomic mass is 9.98. The summed E-state index contributed by atoms with van der Waals surface area (Å²) in [5.41, 5.74) is 3.57. The van der Waals surface area contributed by atoms with E-state index in [9.17, 15) is 0 Å². The molecule has 0 fully saturated rings. The van der Waals surface area contributed by atoms with E-state index in [1.165, 1.54) is 26.8 Å². The second-order valence-electron chi connectivity index (χ2n) is 4.91. The molecule has 2 aromatic carbocycles. The molecule has 0 aliphatic rings. The zero-order valence-electron chi connectivity index (χ0n) is 11.4. The van der Waals surface area contributed by atoms with Crippen LogP contribution in [0.25, 0.3) is 32.5 Å². The highest BCUT2D eigenvalue weighted by atomic mass is 32.1. The number of benzene rings is 2. The first-order valence-electron chi connectivity index (χ1n) is 6.90. The van der Waals surface area contributed by atoms with Crippen LogP contribution in [0.15, 0.2) is 78.3 Å². The molecule has 0 radical (unpaired) electrons. The summed E-state index contributed by atoms with van der Waals surface area (Å²) in [7, 11) is 0. The molecule has 4 aromatic rings. The molecule has 1 nitrogen and oxygen atoms in total. The zero-order chi connectivity index (χ0) is 14.1. The van der Waals surface area contributed by atoms with E-state index in [-0.39, 0.29) is 0 Å². The van der Waals surface area contributed by atoms with E-state index < -0.39 is 0 Å². The van der Waals surface area contributed by atoms with Gasteiger partial charge in [-0.2, -0.15) is 0 Å². The van der Waals surface area contributed by atoms with Gasteiger partial charge in [0, 0.05) is 11.8 Å². The summed E-state index contributed by atoms with van der Waals surface area (Å²) in [5.74, 6) is 0. The molecule has 4 rings (SSSR count). The van der Waals surface area contributed by atoms with Gasteiger partial charge in [0.1, 0.15) is 0 Å². The lowest BCUT2D eigenvalue weighted by molar-refractivity contribution is 1.34. The topological polar surface area (TPSA) is 12.9 Å². The zero-order valence-corrected chi connectivity index (χ0v) is 12.2. The van der Waals surface area contributed by atoms with Gasteiger partial charge in [0.15, 0.2) is 0 Å². The average Bonchev–Trinajstić information content (AvgIpc) is 3.04. The Morgan fingerprint density at radius 1 is 0.714 bits per heavy atom. The van der Waals surface area contributed by atoms with Gasteiger partial charge >= 0.3 is 0 Å². The first-order valence-corrected chi connectivity index (χ1v) is 7.78. The highest BCUT2D eigenvalue weighted by Crippen LogP contribution is 2.38. The number of aromatic nitrogens is 1. The molecule has 0 saturated carbocycles. The maximum absolute atomic E-state index is 4.50. The first kappa shape index (κ1) is 12.3. The molecule has 0 unspecified atom stereocenters. The normalized spacial score (nSPS) is 10.9. The minimum Gasteiger partial charge on any atom is -0.255 e. The maximum Gasteiger partial charge on any atom is 0.0807 e. The Morgan fingerprint density at radius 2 is 1.57 bits per heavy atom. The van der Waals surface area contributed by atoms with Crippen LogP contribution in [0, 0.1) is 0 Å². The third kappa shape index (κ3) is 2.14. The van der Waals surface area contributed by atoms with Crippen LogP contribution < -0.4 is 0 Å².